The number of hydrogen-bond donors (Lipinski definition) is 1. The first-order chi connectivity index (χ1) is 7.18. The van der Waals surface area contributed by atoms with Crippen LogP contribution >= 0.6 is 0 Å². The summed E-state index contributed by atoms with van der Waals surface area (Å²) in [5, 5.41) is 0. The molecule has 1 saturated heterocycles. The first-order valence-electron chi connectivity index (χ1n) is 6.16. The van der Waals surface area contributed by atoms with Crippen molar-refractivity contribution >= 4 is 0 Å². The van der Waals surface area contributed by atoms with Gasteiger partial charge in [-0.25, -0.2) is 0 Å². The minimum Gasteiger partial charge on any atom is -0.382 e. The third-order valence-corrected chi connectivity index (χ3v) is 3.67. The topological polar surface area (TPSA) is 44.5 Å². The molecule has 0 aliphatic carbocycles. The van der Waals surface area contributed by atoms with Crippen LogP contribution in [-0.4, -0.2) is 30.5 Å². The van der Waals surface area contributed by atoms with Crippen molar-refractivity contribution in [1.82, 2.24) is 0 Å². The van der Waals surface area contributed by atoms with Gasteiger partial charge in [0.1, 0.15) is 0 Å². The monoisotopic (exact) mass is 229 g/mol. The molecule has 3 nitrogen and oxygen atoms in total. The second-order valence-electron chi connectivity index (χ2n) is 6.22. The van der Waals surface area contributed by atoms with Crippen LogP contribution in [0.3, 0.4) is 0 Å². The zero-order valence-corrected chi connectivity index (χ0v) is 11.5. The number of nitrogens with two attached hydrogens (primary N) is 1. The van der Waals surface area contributed by atoms with Crippen molar-refractivity contribution in [3.63, 3.8) is 0 Å². The second-order valence-corrected chi connectivity index (χ2v) is 6.22. The van der Waals surface area contributed by atoms with Crippen molar-refractivity contribution in [1.29, 1.82) is 0 Å². The highest BCUT2D eigenvalue weighted by Gasteiger charge is 2.48. The molecule has 0 amide bonds. The lowest BCUT2D eigenvalue weighted by Gasteiger charge is -2.31. The largest absolute Gasteiger partial charge is 0.382 e. The molecule has 0 aromatic rings. The molecular weight excluding hydrogens is 202 g/mol. The summed E-state index contributed by atoms with van der Waals surface area (Å²) in [5.41, 5.74) is 6.11. The molecule has 0 bridgehead atoms. The fourth-order valence-corrected chi connectivity index (χ4v) is 2.92. The predicted molar refractivity (Wildman–Crippen MR) is 66.4 cm³/mol. The van der Waals surface area contributed by atoms with E-state index in [1.807, 2.05) is 0 Å². The number of methoxy groups -OCH3 is 1. The van der Waals surface area contributed by atoms with E-state index in [9.17, 15) is 0 Å². The standard InChI is InChI=1S/C13H27NO2/c1-9(15-6)7-11(14)10-8-12(2,3)16-13(10,4)5/h9-11H,7-8,14H2,1-6H3. The predicted octanol–water partition coefficient (Wildman–Crippen LogP) is 2.33. The molecule has 0 aromatic heterocycles. The molecule has 1 aliphatic heterocycles. The van der Waals surface area contributed by atoms with E-state index in [1.165, 1.54) is 0 Å². The van der Waals surface area contributed by atoms with Gasteiger partial charge < -0.3 is 15.2 Å². The van der Waals surface area contributed by atoms with E-state index < -0.39 is 0 Å². The fourth-order valence-electron chi connectivity index (χ4n) is 2.92. The maximum atomic E-state index is 6.29. The third-order valence-electron chi connectivity index (χ3n) is 3.67. The first-order valence-corrected chi connectivity index (χ1v) is 6.16. The second kappa shape index (κ2) is 4.63. The van der Waals surface area contributed by atoms with E-state index in [0.717, 1.165) is 12.8 Å². The summed E-state index contributed by atoms with van der Waals surface area (Å²) in [4.78, 5) is 0. The molecule has 1 heterocycles. The van der Waals surface area contributed by atoms with Crippen LogP contribution < -0.4 is 5.73 Å². The van der Waals surface area contributed by atoms with Crippen LogP contribution in [0, 0.1) is 5.92 Å². The Morgan fingerprint density at radius 1 is 1.38 bits per heavy atom. The molecule has 0 radical (unpaired) electrons. The van der Waals surface area contributed by atoms with Crippen LogP contribution in [0.2, 0.25) is 0 Å². The minimum atomic E-state index is -0.129. The summed E-state index contributed by atoms with van der Waals surface area (Å²) < 4.78 is 11.3. The molecule has 1 rings (SSSR count). The van der Waals surface area contributed by atoms with Gasteiger partial charge in [-0.2, -0.15) is 0 Å². The lowest BCUT2D eigenvalue weighted by molar-refractivity contribution is -0.0777. The summed E-state index contributed by atoms with van der Waals surface area (Å²) in [6, 6.07) is 0.145. The molecule has 3 unspecified atom stereocenters. The summed E-state index contributed by atoms with van der Waals surface area (Å²) in [6.45, 7) is 10.6. The number of ether oxygens (including phenoxy) is 2. The van der Waals surface area contributed by atoms with Crippen molar-refractivity contribution in [3.8, 4) is 0 Å². The van der Waals surface area contributed by atoms with Gasteiger partial charge in [0.2, 0.25) is 0 Å². The molecule has 0 aromatic carbocycles. The van der Waals surface area contributed by atoms with Crippen molar-refractivity contribution in [2.45, 2.75) is 70.8 Å². The van der Waals surface area contributed by atoms with Crippen molar-refractivity contribution < 1.29 is 9.47 Å². The molecular formula is C13H27NO2. The van der Waals surface area contributed by atoms with Crippen molar-refractivity contribution in [3.05, 3.63) is 0 Å². The van der Waals surface area contributed by atoms with Gasteiger partial charge in [-0.15, -0.1) is 0 Å². The minimum absolute atomic E-state index is 0.0535. The number of hydrogen-bond acceptors (Lipinski definition) is 3. The molecule has 0 saturated carbocycles. The lowest BCUT2D eigenvalue weighted by atomic mass is 9.80. The van der Waals surface area contributed by atoms with E-state index in [1.54, 1.807) is 7.11 Å². The molecule has 3 heteroatoms. The van der Waals surface area contributed by atoms with Gasteiger partial charge in [0.05, 0.1) is 17.3 Å². The van der Waals surface area contributed by atoms with Gasteiger partial charge in [-0.3, -0.25) is 0 Å². The van der Waals surface area contributed by atoms with E-state index >= 15 is 0 Å². The highest BCUT2D eigenvalue weighted by Crippen LogP contribution is 2.43. The maximum Gasteiger partial charge on any atom is 0.0677 e. The van der Waals surface area contributed by atoms with Gasteiger partial charge in [0, 0.05) is 19.1 Å². The van der Waals surface area contributed by atoms with Crippen LogP contribution in [-0.2, 0) is 9.47 Å². The van der Waals surface area contributed by atoms with E-state index in [-0.39, 0.29) is 23.3 Å². The van der Waals surface area contributed by atoms with Crippen LogP contribution in [0.5, 0.6) is 0 Å². The molecule has 2 N–H and O–H groups in total. The van der Waals surface area contributed by atoms with Crippen LogP contribution in [0.4, 0.5) is 0 Å². The fraction of sp³-hybridized carbons (Fsp3) is 1.00. The van der Waals surface area contributed by atoms with Crippen LogP contribution in [0.15, 0.2) is 0 Å². The van der Waals surface area contributed by atoms with E-state index in [0.29, 0.717) is 5.92 Å². The first kappa shape index (κ1) is 13.9. The Morgan fingerprint density at radius 3 is 2.31 bits per heavy atom. The molecule has 0 spiro atoms. The molecule has 1 fully saturated rings. The quantitative estimate of drug-likeness (QED) is 0.804. The Bertz CT molecular complexity index is 238. The summed E-state index contributed by atoms with van der Waals surface area (Å²) in [7, 11) is 1.73. The Hall–Kier alpha value is -0.120. The highest BCUT2D eigenvalue weighted by molar-refractivity contribution is 4.98. The average molecular weight is 229 g/mol. The summed E-state index contributed by atoms with van der Waals surface area (Å²) >= 11 is 0. The Morgan fingerprint density at radius 2 is 1.94 bits per heavy atom. The Balaban J connectivity index is 2.65. The highest BCUT2D eigenvalue weighted by atomic mass is 16.5. The van der Waals surface area contributed by atoms with Gasteiger partial charge in [-0.05, 0) is 47.5 Å². The van der Waals surface area contributed by atoms with E-state index in [2.05, 4.69) is 34.6 Å². The summed E-state index contributed by atoms with van der Waals surface area (Å²) in [6.07, 6.45) is 2.14. The molecule has 1 aliphatic rings. The normalized spacial score (nSPS) is 31.3. The van der Waals surface area contributed by atoms with Gasteiger partial charge >= 0.3 is 0 Å². The van der Waals surface area contributed by atoms with E-state index in [4.69, 9.17) is 15.2 Å². The lowest BCUT2D eigenvalue weighted by Crippen LogP contribution is -2.42. The maximum absolute atomic E-state index is 6.29. The number of rotatable bonds is 4. The van der Waals surface area contributed by atoms with Crippen molar-refractivity contribution in [2.75, 3.05) is 7.11 Å². The molecule has 96 valence electrons. The van der Waals surface area contributed by atoms with Crippen LogP contribution in [0.25, 0.3) is 0 Å². The summed E-state index contributed by atoms with van der Waals surface area (Å²) in [5.74, 6) is 0.403. The van der Waals surface area contributed by atoms with Gasteiger partial charge in [0.15, 0.2) is 0 Å². The third kappa shape index (κ3) is 3.19. The van der Waals surface area contributed by atoms with Gasteiger partial charge in [-0.1, -0.05) is 0 Å². The SMILES string of the molecule is COC(C)CC(N)C1CC(C)(C)OC1(C)C. The van der Waals surface area contributed by atoms with Gasteiger partial charge in [0.25, 0.3) is 0 Å². The van der Waals surface area contributed by atoms with Crippen LogP contribution in [0.1, 0.15) is 47.5 Å². The zero-order chi connectivity index (χ0) is 12.6. The molecule has 16 heavy (non-hydrogen) atoms. The Kier molecular flexibility index (Phi) is 4.04. The smallest absolute Gasteiger partial charge is 0.0677 e. The molecule has 3 atom stereocenters. The van der Waals surface area contributed by atoms with Crippen molar-refractivity contribution in [2.24, 2.45) is 11.7 Å². The average Bonchev–Trinajstić information content (AvgIpc) is 2.34. The zero-order valence-electron chi connectivity index (χ0n) is 11.5. The Labute approximate surface area is 99.7 Å².